The van der Waals surface area contributed by atoms with Crippen LogP contribution in [0.1, 0.15) is 0 Å². The third-order valence-corrected chi connectivity index (χ3v) is 2.80. The van der Waals surface area contributed by atoms with Crippen molar-refractivity contribution in [2.45, 2.75) is 0 Å². The maximum atomic E-state index is 11.7. The predicted octanol–water partition coefficient (Wildman–Crippen LogP) is -1.09. The Balaban J connectivity index is 3.23. The number of aryl methyl sites for hydroxylation is 1. The first kappa shape index (κ1) is 9.97. The minimum atomic E-state index is -0.460. The number of fused-ring (bicyclic) bond motifs is 1. The fourth-order valence-electron chi connectivity index (χ4n) is 1.42. The highest BCUT2D eigenvalue weighted by Gasteiger charge is 2.15. The molecule has 0 aliphatic carbocycles. The van der Waals surface area contributed by atoms with E-state index in [2.05, 4.69) is 20.9 Å². The number of hydrogen-bond acceptors (Lipinski definition) is 4. The molecule has 2 aromatic rings. The molecule has 7 nitrogen and oxygen atoms in total. The van der Waals surface area contributed by atoms with E-state index in [1.165, 1.54) is 18.7 Å². The van der Waals surface area contributed by atoms with Gasteiger partial charge in [0.05, 0.1) is 0 Å². The molecule has 0 aromatic carbocycles. The smallest absolute Gasteiger partial charge is 0.332 e. The third kappa shape index (κ3) is 1.14. The van der Waals surface area contributed by atoms with Crippen LogP contribution in [-0.2, 0) is 14.1 Å². The van der Waals surface area contributed by atoms with Gasteiger partial charge >= 0.3 is 5.69 Å². The summed E-state index contributed by atoms with van der Waals surface area (Å²) in [5.74, 6) is 5.63. The first-order valence-corrected chi connectivity index (χ1v) is 4.83. The molecule has 2 N–H and O–H groups in total. The van der Waals surface area contributed by atoms with Crippen LogP contribution < -0.4 is 17.1 Å². The van der Waals surface area contributed by atoms with E-state index in [0.717, 1.165) is 9.24 Å². The minimum Gasteiger partial charge on any atom is -0.335 e. The molecule has 0 fully saturated rings. The van der Waals surface area contributed by atoms with Gasteiger partial charge < -0.3 is 5.84 Å². The Morgan fingerprint density at radius 3 is 2.47 bits per heavy atom. The second kappa shape index (κ2) is 2.96. The van der Waals surface area contributed by atoms with Crippen LogP contribution in [0, 0.1) is 0 Å². The van der Waals surface area contributed by atoms with Crippen LogP contribution in [0.15, 0.2) is 14.3 Å². The molecule has 0 amide bonds. The summed E-state index contributed by atoms with van der Waals surface area (Å²) in [6, 6.07) is 0. The van der Waals surface area contributed by atoms with E-state index in [9.17, 15) is 9.59 Å². The van der Waals surface area contributed by atoms with Gasteiger partial charge in [-0.05, 0) is 15.9 Å². The van der Waals surface area contributed by atoms with E-state index in [1.807, 2.05) is 0 Å². The molecule has 2 aromatic heterocycles. The third-order valence-electron chi connectivity index (χ3n) is 2.24. The second-order valence-electron chi connectivity index (χ2n) is 3.13. The zero-order valence-corrected chi connectivity index (χ0v) is 9.65. The van der Waals surface area contributed by atoms with Crippen molar-refractivity contribution in [1.29, 1.82) is 0 Å². The van der Waals surface area contributed by atoms with E-state index in [4.69, 9.17) is 5.84 Å². The first-order chi connectivity index (χ1) is 6.95. The lowest BCUT2D eigenvalue weighted by Gasteiger charge is -2.04. The van der Waals surface area contributed by atoms with Gasteiger partial charge in [0.2, 0.25) is 0 Å². The van der Waals surface area contributed by atoms with Gasteiger partial charge in [-0.2, -0.15) is 0 Å². The van der Waals surface area contributed by atoms with Crippen molar-refractivity contribution in [3.8, 4) is 0 Å². The maximum absolute atomic E-state index is 11.7. The fourth-order valence-corrected chi connectivity index (χ4v) is 1.77. The summed E-state index contributed by atoms with van der Waals surface area (Å²) in [6.07, 6.45) is 0. The zero-order valence-electron chi connectivity index (χ0n) is 8.06. The molecule has 0 saturated heterocycles. The summed E-state index contributed by atoms with van der Waals surface area (Å²) < 4.78 is 3.71. The molecule has 0 radical (unpaired) electrons. The highest BCUT2D eigenvalue weighted by Crippen LogP contribution is 2.11. The number of nitrogens with two attached hydrogens (primary N) is 1. The Morgan fingerprint density at radius 1 is 1.27 bits per heavy atom. The van der Waals surface area contributed by atoms with Crippen molar-refractivity contribution < 1.29 is 0 Å². The Bertz CT molecular complexity index is 665. The summed E-state index contributed by atoms with van der Waals surface area (Å²) in [5, 5.41) is 0. The molecule has 0 bridgehead atoms. The maximum Gasteiger partial charge on any atom is 0.332 e. The average molecular weight is 274 g/mol. The SMILES string of the molecule is Cn1c(=O)c2nc(Br)n(N)c2n(C)c1=O. The van der Waals surface area contributed by atoms with Crippen molar-refractivity contribution in [1.82, 2.24) is 18.8 Å². The van der Waals surface area contributed by atoms with E-state index < -0.39 is 11.2 Å². The molecular formula is C7H8BrN5O2. The predicted molar refractivity (Wildman–Crippen MR) is 58.1 cm³/mol. The molecule has 0 saturated carbocycles. The second-order valence-corrected chi connectivity index (χ2v) is 3.84. The molecule has 0 spiro atoms. The number of hydrogen-bond donors (Lipinski definition) is 1. The molecule has 2 heterocycles. The van der Waals surface area contributed by atoms with Crippen LogP contribution in [0.3, 0.4) is 0 Å². The van der Waals surface area contributed by atoms with Crippen LogP contribution >= 0.6 is 15.9 Å². The molecular weight excluding hydrogens is 266 g/mol. The van der Waals surface area contributed by atoms with E-state index in [-0.39, 0.29) is 11.2 Å². The van der Waals surface area contributed by atoms with E-state index >= 15 is 0 Å². The fraction of sp³-hybridized carbons (Fsp3) is 0.286. The standard InChI is InChI=1S/C7H8BrN5O2/c1-11-4-3(10-6(8)13(4)9)5(14)12(2)7(11)15/h9H2,1-2H3. The van der Waals surface area contributed by atoms with E-state index in [0.29, 0.717) is 4.73 Å². The molecule has 15 heavy (non-hydrogen) atoms. The summed E-state index contributed by atoms with van der Waals surface area (Å²) in [6.45, 7) is 0. The van der Waals surface area contributed by atoms with Gasteiger partial charge in [-0.3, -0.25) is 13.9 Å². The lowest BCUT2D eigenvalue weighted by atomic mass is 10.5. The number of halogens is 1. The highest BCUT2D eigenvalue weighted by molar-refractivity contribution is 9.10. The van der Waals surface area contributed by atoms with Gasteiger partial charge in [-0.1, -0.05) is 0 Å². The Hall–Kier alpha value is -1.57. The monoisotopic (exact) mass is 273 g/mol. The number of nitrogens with zero attached hydrogens (tertiary/aromatic N) is 4. The topological polar surface area (TPSA) is 87.8 Å². The summed E-state index contributed by atoms with van der Waals surface area (Å²) in [4.78, 5) is 27.2. The van der Waals surface area contributed by atoms with Gasteiger partial charge in [0.1, 0.15) is 0 Å². The summed E-state index contributed by atoms with van der Waals surface area (Å²) in [5.41, 5.74) is -0.450. The summed E-state index contributed by atoms with van der Waals surface area (Å²) in [7, 11) is 2.93. The molecule has 0 unspecified atom stereocenters. The van der Waals surface area contributed by atoms with Crippen molar-refractivity contribution >= 4 is 27.1 Å². The van der Waals surface area contributed by atoms with Gasteiger partial charge in [-0.15, -0.1) is 0 Å². The Kier molecular flexibility index (Phi) is 1.97. The Morgan fingerprint density at radius 2 is 1.87 bits per heavy atom. The Labute approximate surface area is 91.8 Å². The zero-order chi connectivity index (χ0) is 11.3. The first-order valence-electron chi connectivity index (χ1n) is 4.04. The van der Waals surface area contributed by atoms with Gasteiger partial charge in [0.15, 0.2) is 15.9 Å². The summed E-state index contributed by atoms with van der Waals surface area (Å²) >= 11 is 3.09. The van der Waals surface area contributed by atoms with Crippen molar-refractivity contribution in [3.05, 3.63) is 25.6 Å². The van der Waals surface area contributed by atoms with Crippen molar-refractivity contribution in [3.63, 3.8) is 0 Å². The molecule has 2 rings (SSSR count). The van der Waals surface area contributed by atoms with Crippen molar-refractivity contribution in [2.75, 3.05) is 5.84 Å². The lowest BCUT2D eigenvalue weighted by molar-refractivity contribution is 0.701. The number of rotatable bonds is 0. The molecule has 8 heteroatoms. The normalized spacial score (nSPS) is 11.1. The molecule has 0 aliphatic rings. The lowest BCUT2D eigenvalue weighted by Crippen LogP contribution is -2.37. The average Bonchev–Trinajstić information content (AvgIpc) is 2.50. The van der Waals surface area contributed by atoms with Gasteiger partial charge in [0, 0.05) is 14.1 Å². The minimum absolute atomic E-state index is 0.161. The molecule has 0 atom stereocenters. The highest BCUT2D eigenvalue weighted by atomic mass is 79.9. The van der Waals surface area contributed by atoms with Crippen molar-refractivity contribution in [2.24, 2.45) is 14.1 Å². The van der Waals surface area contributed by atoms with Crippen LogP contribution in [0.5, 0.6) is 0 Å². The number of nitrogen functional groups attached to an aromatic ring is 1. The van der Waals surface area contributed by atoms with E-state index in [1.54, 1.807) is 0 Å². The van der Waals surface area contributed by atoms with Crippen LogP contribution in [0.4, 0.5) is 0 Å². The van der Waals surface area contributed by atoms with Gasteiger partial charge in [0.25, 0.3) is 5.56 Å². The van der Waals surface area contributed by atoms with Crippen LogP contribution in [0.25, 0.3) is 11.2 Å². The quantitative estimate of drug-likeness (QED) is 0.488. The molecule has 0 aliphatic heterocycles. The van der Waals surface area contributed by atoms with Crippen LogP contribution in [0.2, 0.25) is 0 Å². The number of imidazole rings is 1. The molecule has 80 valence electrons. The number of aromatic nitrogens is 4. The van der Waals surface area contributed by atoms with Crippen LogP contribution in [-0.4, -0.2) is 18.8 Å². The van der Waals surface area contributed by atoms with Gasteiger partial charge in [-0.25, -0.2) is 14.5 Å². The largest absolute Gasteiger partial charge is 0.335 e.